The van der Waals surface area contributed by atoms with Crippen LogP contribution in [0.25, 0.3) is 10.9 Å². The van der Waals surface area contributed by atoms with E-state index in [4.69, 9.17) is 4.74 Å². The lowest BCUT2D eigenvalue weighted by Gasteiger charge is -2.17. The molecule has 5 heteroatoms. The molecule has 0 bridgehead atoms. The van der Waals surface area contributed by atoms with E-state index in [-0.39, 0.29) is 6.10 Å². The molecule has 0 aliphatic rings. The van der Waals surface area contributed by atoms with Crippen LogP contribution >= 0.6 is 0 Å². The number of nitrogens with one attached hydrogen (secondary N) is 1. The molecule has 2 rings (SSSR count). The number of para-hydroxylation sites is 1. The van der Waals surface area contributed by atoms with Gasteiger partial charge in [0, 0.05) is 30.6 Å². The van der Waals surface area contributed by atoms with Crippen LogP contribution in [0.15, 0.2) is 30.3 Å². The number of benzene rings is 1. The van der Waals surface area contributed by atoms with Crippen molar-refractivity contribution >= 4 is 10.9 Å². The van der Waals surface area contributed by atoms with Gasteiger partial charge in [-0.05, 0) is 26.2 Å². The number of aromatic nitrogens is 1. The zero-order valence-corrected chi connectivity index (χ0v) is 12.8. The SMILES string of the molecule is COc1nc2ccccc2cc1CNCC(O)CN(C)C. The lowest BCUT2D eigenvalue weighted by molar-refractivity contribution is 0.134. The summed E-state index contributed by atoms with van der Waals surface area (Å²) < 4.78 is 5.35. The lowest BCUT2D eigenvalue weighted by Crippen LogP contribution is -2.34. The molecule has 2 N–H and O–H groups in total. The molecule has 1 heterocycles. The molecular weight excluding hydrogens is 266 g/mol. The minimum atomic E-state index is -0.389. The number of pyridine rings is 1. The van der Waals surface area contributed by atoms with Crippen LogP contribution in [0.1, 0.15) is 5.56 Å². The number of rotatable bonds is 7. The van der Waals surface area contributed by atoms with Crippen LogP contribution in [-0.4, -0.2) is 55.4 Å². The van der Waals surface area contributed by atoms with Crippen LogP contribution in [-0.2, 0) is 6.54 Å². The Balaban J connectivity index is 2.03. The number of fused-ring (bicyclic) bond motifs is 1. The summed E-state index contributed by atoms with van der Waals surface area (Å²) in [5.74, 6) is 0.628. The number of likely N-dealkylation sites (N-methyl/N-ethyl adjacent to an activating group) is 1. The zero-order chi connectivity index (χ0) is 15.2. The average molecular weight is 289 g/mol. The topological polar surface area (TPSA) is 57.6 Å². The summed E-state index contributed by atoms with van der Waals surface area (Å²) in [5.41, 5.74) is 1.92. The maximum Gasteiger partial charge on any atom is 0.218 e. The van der Waals surface area contributed by atoms with E-state index in [1.54, 1.807) is 7.11 Å². The lowest BCUT2D eigenvalue weighted by atomic mass is 10.1. The molecule has 1 atom stereocenters. The highest BCUT2D eigenvalue weighted by molar-refractivity contribution is 5.80. The van der Waals surface area contributed by atoms with E-state index in [0.29, 0.717) is 25.5 Å². The Kier molecular flexibility index (Phi) is 5.50. The van der Waals surface area contributed by atoms with E-state index in [9.17, 15) is 5.11 Å². The van der Waals surface area contributed by atoms with Crippen LogP contribution < -0.4 is 10.1 Å². The summed E-state index contributed by atoms with van der Waals surface area (Å²) in [4.78, 5) is 6.47. The molecule has 114 valence electrons. The molecule has 21 heavy (non-hydrogen) atoms. The van der Waals surface area contributed by atoms with Gasteiger partial charge in [0.25, 0.3) is 0 Å². The highest BCUT2D eigenvalue weighted by Gasteiger charge is 2.09. The third-order valence-corrected chi connectivity index (χ3v) is 3.23. The molecule has 0 amide bonds. The quantitative estimate of drug-likeness (QED) is 0.803. The number of methoxy groups -OCH3 is 1. The second-order valence-corrected chi connectivity index (χ2v) is 5.40. The fourth-order valence-electron chi connectivity index (χ4n) is 2.30. The highest BCUT2D eigenvalue weighted by atomic mass is 16.5. The van der Waals surface area contributed by atoms with Gasteiger partial charge >= 0.3 is 0 Å². The van der Waals surface area contributed by atoms with Crippen molar-refractivity contribution < 1.29 is 9.84 Å². The normalized spacial score (nSPS) is 12.8. The van der Waals surface area contributed by atoms with Gasteiger partial charge in [-0.25, -0.2) is 4.98 Å². The van der Waals surface area contributed by atoms with Gasteiger partial charge in [0.15, 0.2) is 0 Å². The molecule has 0 aliphatic heterocycles. The van der Waals surface area contributed by atoms with Crippen LogP contribution in [0.5, 0.6) is 5.88 Å². The van der Waals surface area contributed by atoms with Gasteiger partial charge in [-0.3, -0.25) is 0 Å². The van der Waals surface area contributed by atoms with Crippen LogP contribution in [0.4, 0.5) is 0 Å². The first-order valence-electron chi connectivity index (χ1n) is 7.06. The van der Waals surface area contributed by atoms with Crippen molar-refractivity contribution in [2.24, 2.45) is 0 Å². The Labute approximate surface area is 125 Å². The van der Waals surface area contributed by atoms with Crippen molar-refractivity contribution in [3.63, 3.8) is 0 Å². The summed E-state index contributed by atoms with van der Waals surface area (Å²) in [7, 11) is 5.51. The first-order valence-corrected chi connectivity index (χ1v) is 7.06. The van der Waals surface area contributed by atoms with Crippen molar-refractivity contribution in [3.05, 3.63) is 35.9 Å². The molecule has 0 saturated heterocycles. The van der Waals surface area contributed by atoms with Crippen molar-refractivity contribution in [1.29, 1.82) is 0 Å². The molecular formula is C16H23N3O2. The Morgan fingerprint density at radius 3 is 2.81 bits per heavy atom. The summed E-state index contributed by atoms with van der Waals surface area (Å²) in [6.45, 7) is 1.79. The van der Waals surface area contributed by atoms with Gasteiger partial charge in [0.05, 0.1) is 18.7 Å². The van der Waals surface area contributed by atoms with Gasteiger partial charge in [0.1, 0.15) is 0 Å². The van der Waals surface area contributed by atoms with Gasteiger partial charge in [-0.15, -0.1) is 0 Å². The smallest absolute Gasteiger partial charge is 0.218 e. The summed E-state index contributed by atoms with van der Waals surface area (Å²) in [6.07, 6.45) is -0.389. The Morgan fingerprint density at radius 1 is 1.33 bits per heavy atom. The van der Waals surface area contributed by atoms with Crippen LogP contribution in [0.2, 0.25) is 0 Å². The number of aliphatic hydroxyl groups excluding tert-OH is 1. The minimum absolute atomic E-state index is 0.389. The number of nitrogens with zero attached hydrogens (tertiary/aromatic N) is 2. The molecule has 0 aliphatic carbocycles. The van der Waals surface area contributed by atoms with Gasteiger partial charge in [-0.2, -0.15) is 0 Å². The second kappa shape index (κ2) is 7.36. The van der Waals surface area contributed by atoms with Crippen molar-refractivity contribution in [3.8, 4) is 5.88 Å². The Morgan fingerprint density at radius 2 is 2.10 bits per heavy atom. The van der Waals surface area contributed by atoms with Crippen LogP contribution in [0.3, 0.4) is 0 Å². The maximum atomic E-state index is 9.84. The summed E-state index contributed by atoms with van der Waals surface area (Å²) >= 11 is 0. The molecule has 5 nitrogen and oxygen atoms in total. The molecule has 0 saturated carbocycles. The summed E-state index contributed by atoms with van der Waals surface area (Å²) in [6, 6.07) is 10.0. The van der Waals surface area contributed by atoms with Gasteiger partial charge in [-0.1, -0.05) is 18.2 Å². The van der Waals surface area contributed by atoms with Crippen molar-refractivity contribution in [2.45, 2.75) is 12.6 Å². The minimum Gasteiger partial charge on any atom is -0.481 e. The summed E-state index contributed by atoms with van der Waals surface area (Å²) in [5, 5.41) is 14.2. The van der Waals surface area contributed by atoms with Crippen LogP contribution in [0, 0.1) is 0 Å². The molecule has 2 aromatic rings. The van der Waals surface area contributed by atoms with Crippen molar-refractivity contribution in [1.82, 2.24) is 15.2 Å². The third-order valence-electron chi connectivity index (χ3n) is 3.23. The largest absolute Gasteiger partial charge is 0.481 e. The molecule has 1 aromatic carbocycles. The average Bonchev–Trinajstić information content (AvgIpc) is 2.45. The number of hydrogen-bond acceptors (Lipinski definition) is 5. The number of hydrogen-bond donors (Lipinski definition) is 2. The predicted octanol–water partition coefficient (Wildman–Crippen LogP) is 1.26. The van der Waals surface area contributed by atoms with Crippen molar-refractivity contribution in [2.75, 3.05) is 34.3 Å². The number of ether oxygens (including phenoxy) is 1. The Bertz CT molecular complexity index is 587. The molecule has 1 unspecified atom stereocenters. The molecule has 0 fully saturated rings. The maximum absolute atomic E-state index is 9.84. The van der Waals surface area contributed by atoms with Gasteiger partial charge in [0.2, 0.25) is 5.88 Å². The third kappa shape index (κ3) is 4.39. The van der Waals surface area contributed by atoms with Gasteiger partial charge < -0.3 is 20.1 Å². The molecule has 1 aromatic heterocycles. The highest BCUT2D eigenvalue weighted by Crippen LogP contribution is 2.21. The fraction of sp³-hybridized carbons (Fsp3) is 0.438. The van der Waals surface area contributed by atoms with E-state index in [1.807, 2.05) is 43.3 Å². The Hall–Kier alpha value is -1.69. The number of aliphatic hydroxyl groups is 1. The molecule has 0 radical (unpaired) electrons. The second-order valence-electron chi connectivity index (χ2n) is 5.40. The van der Waals surface area contributed by atoms with E-state index < -0.39 is 0 Å². The predicted molar refractivity (Wildman–Crippen MR) is 84.6 cm³/mol. The fourth-order valence-corrected chi connectivity index (χ4v) is 2.30. The van der Waals surface area contributed by atoms with E-state index >= 15 is 0 Å². The molecule has 0 spiro atoms. The van der Waals surface area contributed by atoms with E-state index in [1.165, 1.54) is 0 Å². The first kappa shape index (κ1) is 15.7. The zero-order valence-electron chi connectivity index (χ0n) is 12.8. The standard InChI is InChI=1S/C16H23N3O2/c1-19(2)11-14(20)10-17-9-13-8-12-6-4-5-7-15(12)18-16(13)21-3/h4-8,14,17,20H,9-11H2,1-3H3. The van der Waals surface area contributed by atoms with E-state index in [0.717, 1.165) is 16.5 Å². The van der Waals surface area contributed by atoms with E-state index in [2.05, 4.69) is 16.4 Å². The first-order chi connectivity index (χ1) is 10.1. The monoisotopic (exact) mass is 289 g/mol.